The molecule has 0 aliphatic carbocycles. The van der Waals surface area contributed by atoms with Gasteiger partial charge in [-0.2, -0.15) is 0 Å². The number of fused-ring (bicyclic) bond motifs is 1. The quantitative estimate of drug-likeness (QED) is 0.941. The van der Waals surface area contributed by atoms with Gasteiger partial charge in [-0.25, -0.2) is 0 Å². The third-order valence-electron chi connectivity index (χ3n) is 3.40. The van der Waals surface area contributed by atoms with Crippen molar-refractivity contribution in [3.8, 4) is 11.5 Å². The zero-order valence-electron chi connectivity index (χ0n) is 11.6. The molecule has 4 nitrogen and oxygen atoms in total. The minimum atomic E-state index is -1.14. The Balaban J connectivity index is 1.82. The molecule has 1 aliphatic heterocycles. The van der Waals surface area contributed by atoms with Gasteiger partial charge in [0, 0.05) is 17.5 Å². The van der Waals surface area contributed by atoms with Crippen LogP contribution in [0.4, 0.5) is 0 Å². The summed E-state index contributed by atoms with van der Waals surface area (Å²) >= 11 is 0. The first-order chi connectivity index (χ1) is 10.3. The summed E-state index contributed by atoms with van der Waals surface area (Å²) in [6.07, 6.45) is 0. The van der Waals surface area contributed by atoms with E-state index in [0.29, 0.717) is 37.0 Å². The van der Waals surface area contributed by atoms with Gasteiger partial charge in [-0.15, -0.1) is 0 Å². The Labute approximate surface area is 126 Å². The van der Waals surface area contributed by atoms with Gasteiger partial charge in [0.2, 0.25) is 0 Å². The molecule has 2 aromatic carbocycles. The predicted octanol–water partition coefficient (Wildman–Crippen LogP) is 2.22. The second-order valence-electron chi connectivity index (χ2n) is 4.77. The maximum atomic E-state index is 12.5. The topological polar surface area (TPSA) is 61.6 Å². The van der Waals surface area contributed by atoms with E-state index in [1.165, 1.54) is 0 Å². The Hall–Kier alpha value is -1.85. The van der Waals surface area contributed by atoms with Crippen LogP contribution in [-0.4, -0.2) is 17.4 Å². The molecule has 2 aromatic rings. The number of rotatable bonds is 4. The zero-order valence-corrected chi connectivity index (χ0v) is 12.4. The van der Waals surface area contributed by atoms with Crippen molar-refractivity contribution in [1.29, 1.82) is 0 Å². The van der Waals surface area contributed by atoms with E-state index in [4.69, 9.17) is 15.2 Å². The van der Waals surface area contributed by atoms with Crippen LogP contribution in [0, 0.1) is 0 Å². The lowest BCUT2D eigenvalue weighted by Crippen LogP contribution is -2.15. The predicted molar refractivity (Wildman–Crippen MR) is 81.9 cm³/mol. The molecule has 0 bridgehead atoms. The van der Waals surface area contributed by atoms with Crippen molar-refractivity contribution in [2.24, 2.45) is 5.73 Å². The van der Waals surface area contributed by atoms with Crippen LogP contribution >= 0.6 is 0 Å². The van der Waals surface area contributed by atoms with Crippen LogP contribution in [0.25, 0.3) is 0 Å². The van der Waals surface area contributed by atoms with Crippen molar-refractivity contribution in [3.63, 3.8) is 0 Å². The summed E-state index contributed by atoms with van der Waals surface area (Å²) in [7, 11) is -1.14. The molecule has 1 aliphatic rings. The molecule has 0 aromatic heterocycles. The fourth-order valence-electron chi connectivity index (χ4n) is 2.29. The van der Waals surface area contributed by atoms with Crippen molar-refractivity contribution in [3.05, 3.63) is 53.6 Å². The summed E-state index contributed by atoms with van der Waals surface area (Å²) in [6, 6.07) is 13.3. The molecule has 21 heavy (non-hydrogen) atoms. The average molecular weight is 303 g/mol. The summed E-state index contributed by atoms with van der Waals surface area (Å²) in [4.78, 5) is 0.742. The maximum absolute atomic E-state index is 12.5. The van der Waals surface area contributed by atoms with E-state index in [2.05, 4.69) is 0 Å². The Morgan fingerprint density at radius 3 is 2.48 bits per heavy atom. The van der Waals surface area contributed by atoms with E-state index >= 15 is 0 Å². The zero-order chi connectivity index (χ0) is 14.7. The molecule has 1 unspecified atom stereocenters. The van der Waals surface area contributed by atoms with Gasteiger partial charge in [0.1, 0.15) is 13.2 Å². The number of hydrogen-bond acceptors (Lipinski definition) is 4. The van der Waals surface area contributed by atoms with Crippen molar-refractivity contribution in [1.82, 2.24) is 0 Å². The normalized spacial score (nSPS) is 14.7. The van der Waals surface area contributed by atoms with E-state index < -0.39 is 10.8 Å². The molecule has 0 spiro atoms. The van der Waals surface area contributed by atoms with Gasteiger partial charge < -0.3 is 15.2 Å². The lowest BCUT2D eigenvalue weighted by molar-refractivity contribution is 0.171. The molecule has 2 N–H and O–H groups in total. The third kappa shape index (κ3) is 3.09. The molecule has 5 heteroatoms. The molecule has 0 saturated heterocycles. The highest BCUT2D eigenvalue weighted by Gasteiger charge is 2.15. The molecule has 0 amide bonds. The third-order valence-corrected chi connectivity index (χ3v) is 4.75. The Morgan fingerprint density at radius 2 is 1.71 bits per heavy atom. The van der Waals surface area contributed by atoms with E-state index in [1.807, 2.05) is 36.4 Å². The monoisotopic (exact) mass is 303 g/mol. The van der Waals surface area contributed by atoms with Gasteiger partial charge in [-0.1, -0.05) is 24.3 Å². The first kappa shape index (κ1) is 14.1. The minimum absolute atomic E-state index is 0.451. The largest absolute Gasteiger partial charge is 0.486 e. The summed E-state index contributed by atoms with van der Waals surface area (Å²) < 4.78 is 23.5. The average Bonchev–Trinajstić information content (AvgIpc) is 2.55. The lowest BCUT2D eigenvalue weighted by Gasteiger charge is -2.18. The summed E-state index contributed by atoms with van der Waals surface area (Å²) in [5.74, 6) is 1.83. The van der Waals surface area contributed by atoms with Crippen LogP contribution < -0.4 is 15.2 Å². The SMILES string of the molecule is NCc1ccccc1CS(=O)c1ccc2c(c1)OCCO2. The highest BCUT2D eigenvalue weighted by atomic mass is 32.2. The van der Waals surface area contributed by atoms with Crippen molar-refractivity contribution < 1.29 is 13.7 Å². The molecule has 0 fully saturated rings. The van der Waals surface area contributed by atoms with E-state index in [0.717, 1.165) is 16.0 Å². The standard InChI is InChI=1S/C16H17NO3S/c17-10-12-3-1-2-4-13(12)11-21(18)14-5-6-15-16(9-14)20-8-7-19-15/h1-6,9H,7-8,10-11,17H2. The smallest absolute Gasteiger partial charge is 0.162 e. The van der Waals surface area contributed by atoms with E-state index in [1.54, 1.807) is 6.07 Å². The van der Waals surface area contributed by atoms with Crippen LogP contribution in [0.15, 0.2) is 47.4 Å². The van der Waals surface area contributed by atoms with Crippen LogP contribution in [0.2, 0.25) is 0 Å². The molecule has 0 saturated carbocycles. The first-order valence-electron chi connectivity index (χ1n) is 6.83. The van der Waals surface area contributed by atoms with Crippen molar-refractivity contribution in [2.75, 3.05) is 13.2 Å². The molecular formula is C16H17NO3S. The van der Waals surface area contributed by atoms with Crippen molar-refractivity contribution in [2.45, 2.75) is 17.2 Å². The van der Waals surface area contributed by atoms with E-state index in [9.17, 15) is 4.21 Å². The van der Waals surface area contributed by atoms with Gasteiger partial charge in [-0.3, -0.25) is 4.21 Å². The molecule has 110 valence electrons. The number of benzene rings is 2. The highest BCUT2D eigenvalue weighted by molar-refractivity contribution is 7.84. The van der Waals surface area contributed by atoms with E-state index in [-0.39, 0.29) is 0 Å². The first-order valence-corrected chi connectivity index (χ1v) is 8.14. The van der Waals surface area contributed by atoms with Crippen LogP contribution in [0.3, 0.4) is 0 Å². The fraction of sp³-hybridized carbons (Fsp3) is 0.250. The minimum Gasteiger partial charge on any atom is -0.486 e. The Bertz CT molecular complexity index is 672. The lowest BCUT2D eigenvalue weighted by atomic mass is 10.1. The molecule has 1 heterocycles. The second kappa shape index (κ2) is 6.28. The van der Waals surface area contributed by atoms with Crippen LogP contribution in [0.1, 0.15) is 11.1 Å². The number of nitrogens with two attached hydrogens (primary N) is 1. The summed E-state index contributed by atoms with van der Waals surface area (Å²) in [5.41, 5.74) is 7.77. The summed E-state index contributed by atoms with van der Waals surface area (Å²) in [6.45, 7) is 1.53. The van der Waals surface area contributed by atoms with Gasteiger partial charge in [0.15, 0.2) is 11.5 Å². The Kier molecular flexibility index (Phi) is 4.22. The molecule has 0 radical (unpaired) electrons. The van der Waals surface area contributed by atoms with Crippen LogP contribution in [-0.2, 0) is 23.1 Å². The van der Waals surface area contributed by atoms with Gasteiger partial charge in [-0.05, 0) is 23.3 Å². The molecule has 3 rings (SSSR count). The Morgan fingerprint density at radius 1 is 1.00 bits per heavy atom. The van der Waals surface area contributed by atoms with Gasteiger partial charge in [0.05, 0.1) is 16.6 Å². The van der Waals surface area contributed by atoms with Gasteiger partial charge >= 0.3 is 0 Å². The molecular weight excluding hydrogens is 286 g/mol. The van der Waals surface area contributed by atoms with Gasteiger partial charge in [0.25, 0.3) is 0 Å². The fourth-order valence-corrected chi connectivity index (χ4v) is 3.48. The number of ether oxygens (including phenoxy) is 2. The highest BCUT2D eigenvalue weighted by Crippen LogP contribution is 2.32. The molecule has 1 atom stereocenters. The maximum Gasteiger partial charge on any atom is 0.162 e. The van der Waals surface area contributed by atoms with Crippen LogP contribution in [0.5, 0.6) is 11.5 Å². The van der Waals surface area contributed by atoms with Crippen molar-refractivity contribution >= 4 is 10.8 Å². The second-order valence-corrected chi connectivity index (χ2v) is 6.22. The summed E-state index contributed by atoms with van der Waals surface area (Å²) in [5, 5.41) is 0. The number of hydrogen-bond donors (Lipinski definition) is 1.